The minimum absolute atomic E-state index is 0.0685. The number of H-pyrrole nitrogens is 1. The lowest BCUT2D eigenvalue weighted by atomic mass is 10.0. The number of thioether (sulfide) groups is 1. The van der Waals surface area contributed by atoms with Gasteiger partial charge in [-0.3, -0.25) is 4.79 Å². The Labute approximate surface area is 159 Å². The zero-order valence-electron chi connectivity index (χ0n) is 14.2. The number of ketones is 1. The first-order valence-corrected chi connectivity index (χ1v) is 9.39. The lowest BCUT2D eigenvalue weighted by molar-refractivity contribution is 0.102. The first kappa shape index (κ1) is 17.5. The quantitative estimate of drug-likeness (QED) is 0.336. The number of Topliss-reactive ketones (excluding diaryl/α,β-unsaturated/α-hetero) is 1. The molecule has 3 aromatic carbocycles. The van der Waals surface area contributed by atoms with Crippen LogP contribution in [0.25, 0.3) is 22.2 Å². The predicted molar refractivity (Wildman–Crippen MR) is 105 cm³/mol. The highest BCUT2D eigenvalue weighted by atomic mass is 32.2. The molecular weight excluding hydrogens is 364 g/mol. The third-order valence-electron chi connectivity index (χ3n) is 4.31. The smallest absolute Gasteiger partial charge is 0.175 e. The maximum atomic E-state index is 13.4. The van der Waals surface area contributed by atoms with E-state index in [9.17, 15) is 13.6 Å². The number of aromatic amines is 1. The van der Waals surface area contributed by atoms with Gasteiger partial charge in [0, 0.05) is 15.8 Å². The third kappa shape index (κ3) is 3.51. The van der Waals surface area contributed by atoms with Crippen molar-refractivity contribution in [2.75, 3.05) is 5.75 Å². The first-order chi connectivity index (χ1) is 13.1. The van der Waals surface area contributed by atoms with Crippen LogP contribution in [0.2, 0.25) is 0 Å². The summed E-state index contributed by atoms with van der Waals surface area (Å²) in [6, 6.07) is 21.0. The second-order valence-electron chi connectivity index (χ2n) is 6.07. The van der Waals surface area contributed by atoms with Crippen LogP contribution in [0.15, 0.2) is 77.7 Å². The highest BCUT2D eigenvalue weighted by molar-refractivity contribution is 8.00. The van der Waals surface area contributed by atoms with Crippen LogP contribution in [0, 0.1) is 11.6 Å². The minimum atomic E-state index is -0.912. The molecule has 0 aliphatic heterocycles. The van der Waals surface area contributed by atoms with Gasteiger partial charge in [0.05, 0.1) is 17.0 Å². The number of nitrogens with one attached hydrogen (secondary N) is 1. The van der Waals surface area contributed by atoms with Gasteiger partial charge in [-0.1, -0.05) is 48.5 Å². The molecule has 0 atom stereocenters. The molecule has 0 saturated heterocycles. The molecule has 27 heavy (non-hydrogen) atoms. The molecule has 134 valence electrons. The predicted octanol–water partition coefficient (Wildman–Crippen LogP) is 6.09. The van der Waals surface area contributed by atoms with Gasteiger partial charge >= 0.3 is 0 Å². The van der Waals surface area contributed by atoms with Crippen LogP contribution < -0.4 is 0 Å². The number of aromatic nitrogens is 1. The second kappa shape index (κ2) is 7.37. The lowest BCUT2D eigenvalue weighted by Crippen LogP contribution is -2.04. The highest BCUT2D eigenvalue weighted by Crippen LogP contribution is 2.32. The molecule has 5 heteroatoms. The Balaban J connectivity index is 1.69. The standard InChI is InChI=1S/C22H15F2NOS/c23-17-11-10-15(12-18(17)24)27-13-20(26)21-16-8-4-5-9-19(16)25-22(21)14-6-2-1-3-7-14/h1-12,25H,13H2. The molecule has 0 spiro atoms. The van der Waals surface area contributed by atoms with E-state index in [1.807, 2.05) is 54.6 Å². The van der Waals surface area contributed by atoms with Crippen LogP contribution in [-0.4, -0.2) is 16.5 Å². The molecule has 1 aromatic heterocycles. The normalized spacial score (nSPS) is 11.0. The number of hydrogen-bond donors (Lipinski definition) is 1. The zero-order valence-corrected chi connectivity index (χ0v) is 15.0. The molecule has 0 saturated carbocycles. The molecule has 4 aromatic rings. The van der Waals surface area contributed by atoms with E-state index in [1.165, 1.54) is 17.8 Å². The van der Waals surface area contributed by atoms with Gasteiger partial charge in [0.15, 0.2) is 17.4 Å². The number of carbonyl (C=O) groups is 1. The largest absolute Gasteiger partial charge is 0.354 e. The van der Waals surface area contributed by atoms with E-state index >= 15 is 0 Å². The van der Waals surface area contributed by atoms with Crippen LogP contribution in [0.5, 0.6) is 0 Å². The molecular formula is C22H15F2NOS. The van der Waals surface area contributed by atoms with Gasteiger partial charge in [-0.25, -0.2) is 8.78 Å². The van der Waals surface area contributed by atoms with Crippen molar-refractivity contribution in [3.8, 4) is 11.3 Å². The van der Waals surface area contributed by atoms with Gasteiger partial charge < -0.3 is 4.98 Å². The van der Waals surface area contributed by atoms with E-state index < -0.39 is 11.6 Å². The van der Waals surface area contributed by atoms with Crippen LogP contribution in [0.4, 0.5) is 8.78 Å². The van der Waals surface area contributed by atoms with Gasteiger partial charge in [-0.05, 0) is 29.8 Å². The summed E-state index contributed by atoms with van der Waals surface area (Å²) in [5.74, 6) is -1.74. The van der Waals surface area contributed by atoms with E-state index in [0.717, 1.165) is 34.3 Å². The van der Waals surface area contributed by atoms with E-state index in [-0.39, 0.29) is 11.5 Å². The molecule has 2 nitrogen and oxygen atoms in total. The summed E-state index contributed by atoms with van der Waals surface area (Å²) in [4.78, 5) is 16.9. The highest BCUT2D eigenvalue weighted by Gasteiger charge is 2.19. The van der Waals surface area contributed by atoms with Crippen LogP contribution in [-0.2, 0) is 0 Å². The van der Waals surface area contributed by atoms with Crippen molar-refractivity contribution < 1.29 is 13.6 Å². The van der Waals surface area contributed by atoms with Crippen molar-refractivity contribution in [1.29, 1.82) is 0 Å². The fourth-order valence-corrected chi connectivity index (χ4v) is 3.83. The number of hydrogen-bond acceptors (Lipinski definition) is 2. The van der Waals surface area contributed by atoms with Gasteiger partial charge in [-0.2, -0.15) is 0 Å². The average Bonchev–Trinajstić information content (AvgIpc) is 3.09. The second-order valence-corrected chi connectivity index (χ2v) is 7.12. The van der Waals surface area contributed by atoms with E-state index in [4.69, 9.17) is 0 Å². The fraction of sp³-hybridized carbons (Fsp3) is 0.0455. The number of benzene rings is 3. The molecule has 0 fully saturated rings. The lowest BCUT2D eigenvalue weighted by Gasteiger charge is -2.05. The average molecular weight is 379 g/mol. The molecule has 0 amide bonds. The number of halogens is 2. The number of fused-ring (bicyclic) bond motifs is 1. The molecule has 0 radical (unpaired) electrons. The Morgan fingerprint density at radius 2 is 1.63 bits per heavy atom. The van der Waals surface area contributed by atoms with Gasteiger partial charge in [-0.15, -0.1) is 11.8 Å². The molecule has 0 unspecified atom stereocenters. The Kier molecular flexibility index (Phi) is 4.77. The Morgan fingerprint density at radius 1 is 0.889 bits per heavy atom. The molecule has 1 heterocycles. The van der Waals surface area contributed by atoms with Crippen molar-refractivity contribution in [3.05, 3.63) is 90.0 Å². The van der Waals surface area contributed by atoms with Gasteiger partial charge in [0.1, 0.15) is 0 Å². The Hall–Kier alpha value is -2.92. The maximum absolute atomic E-state index is 13.4. The van der Waals surface area contributed by atoms with Crippen molar-refractivity contribution >= 4 is 28.4 Å². The van der Waals surface area contributed by atoms with Crippen molar-refractivity contribution in [3.63, 3.8) is 0 Å². The fourth-order valence-electron chi connectivity index (χ4n) is 3.04. The summed E-state index contributed by atoms with van der Waals surface area (Å²) >= 11 is 1.19. The van der Waals surface area contributed by atoms with Crippen LogP contribution in [0.3, 0.4) is 0 Å². The van der Waals surface area contributed by atoms with Crippen molar-refractivity contribution in [2.24, 2.45) is 0 Å². The SMILES string of the molecule is O=C(CSc1ccc(F)c(F)c1)c1c(-c2ccccc2)[nH]c2ccccc12. The Bertz CT molecular complexity index is 1120. The monoisotopic (exact) mass is 379 g/mol. The molecule has 0 bridgehead atoms. The summed E-state index contributed by atoms with van der Waals surface area (Å²) in [7, 11) is 0. The van der Waals surface area contributed by atoms with Crippen molar-refractivity contribution in [1.82, 2.24) is 4.98 Å². The summed E-state index contributed by atoms with van der Waals surface area (Å²) in [5.41, 5.74) is 3.20. The summed E-state index contributed by atoms with van der Waals surface area (Å²) in [6.45, 7) is 0. The topological polar surface area (TPSA) is 32.9 Å². The summed E-state index contributed by atoms with van der Waals surface area (Å²) < 4.78 is 26.5. The zero-order chi connectivity index (χ0) is 18.8. The Morgan fingerprint density at radius 3 is 2.41 bits per heavy atom. The molecule has 0 aliphatic rings. The van der Waals surface area contributed by atoms with Crippen LogP contribution in [0.1, 0.15) is 10.4 Å². The summed E-state index contributed by atoms with van der Waals surface area (Å²) in [5, 5.41) is 0.854. The maximum Gasteiger partial charge on any atom is 0.175 e. The third-order valence-corrected chi connectivity index (χ3v) is 5.30. The molecule has 4 rings (SSSR count). The first-order valence-electron chi connectivity index (χ1n) is 8.40. The number of rotatable bonds is 5. The van der Waals surface area contributed by atoms with E-state index in [1.54, 1.807) is 0 Å². The van der Waals surface area contributed by atoms with Crippen molar-refractivity contribution in [2.45, 2.75) is 4.90 Å². The summed E-state index contributed by atoms with van der Waals surface area (Å²) in [6.07, 6.45) is 0. The number of para-hydroxylation sites is 1. The van der Waals surface area contributed by atoms with E-state index in [2.05, 4.69) is 4.98 Å². The van der Waals surface area contributed by atoms with Gasteiger partial charge in [0.25, 0.3) is 0 Å². The van der Waals surface area contributed by atoms with Crippen LogP contribution >= 0.6 is 11.8 Å². The van der Waals surface area contributed by atoms with E-state index in [0.29, 0.717) is 10.5 Å². The number of carbonyl (C=O) groups excluding carboxylic acids is 1. The minimum Gasteiger partial charge on any atom is -0.354 e. The van der Waals surface area contributed by atoms with Gasteiger partial charge in [0.2, 0.25) is 0 Å². The molecule has 1 N–H and O–H groups in total. The molecule has 0 aliphatic carbocycles.